The fourth-order valence-corrected chi connectivity index (χ4v) is 2.14. The topological polar surface area (TPSA) is 106 Å². The third kappa shape index (κ3) is 3.85. The van der Waals surface area contributed by atoms with Crippen LogP contribution in [0, 0.1) is 18.6 Å². The molecule has 2 N–H and O–H groups in total. The molecular weight excluding hydrogens is 348 g/mol. The Hall–Kier alpha value is -3.30. The van der Waals surface area contributed by atoms with Crippen LogP contribution in [0.25, 0.3) is 0 Å². The van der Waals surface area contributed by atoms with Crippen molar-refractivity contribution >= 4 is 5.91 Å². The Morgan fingerprint density at radius 3 is 2.77 bits per heavy atom. The third-order valence-corrected chi connectivity index (χ3v) is 3.42. The summed E-state index contributed by atoms with van der Waals surface area (Å²) >= 11 is 0. The predicted octanol–water partition coefficient (Wildman–Crippen LogP) is 2.45. The minimum atomic E-state index is -0.835. The molecule has 0 aliphatic carbocycles. The molecule has 0 fully saturated rings. The number of aromatic nitrogens is 4. The fraction of sp³-hybridized carbons (Fsp3) is 0.250. The second-order valence-corrected chi connectivity index (χ2v) is 5.49. The summed E-state index contributed by atoms with van der Waals surface area (Å²) in [6, 6.07) is 4.25. The van der Waals surface area contributed by atoms with Gasteiger partial charge < -0.3 is 14.6 Å². The van der Waals surface area contributed by atoms with E-state index >= 15 is 0 Å². The Kier molecular flexibility index (Phi) is 4.92. The van der Waals surface area contributed by atoms with Crippen molar-refractivity contribution in [2.45, 2.75) is 26.5 Å². The zero-order valence-electron chi connectivity index (χ0n) is 13.9. The van der Waals surface area contributed by atoms with E-state index in [-0.39, 0.29) is 18.1 Å². The van der Waals surface area contributed by atoms with E-state index in [0.29, 0.717) is 11.6 Å². The number of nitrogens with one attached hydrogen (secondary N) is 2. The molecule has 0 saturated carbocycles. The van der Waals surface area contributed by atoms with Crippen molar-refractivity contribution in [2.24, 2.45) is 0 Å². The van der Waals surface area contributed by atoms with E-state index in [0.717, 1.165) is 12.1 Å². The molecular formula is C16H15F2N5O3. The number of hydrogen-bond donors (Lipinski definition) is 2. The first-order chi connectivity index (χ1) is 12.4. The van der Waals surface area contributed by atoms with E-state index in [1.54, 1.807) is 13.8 Å². The van der Waals surface area contributed by atoms with E-state index in [9.17, 15) is 13.6 Å². The van der Waals surface area contributed by atoms with Crippen molar-refractivity contribution in [3.05, 3.63) is 59.0 Å². The fourth-order valence-electron chi connectivity index (χ4n) is 2.14. The number of carbonyl (C=O) groups is 1. The summed E-state index contributed by atoms with van der Waals surface area (Å²) in [6.45, 7) is 3.17. The summed E-state index contributed by atoms with van der Waals surface area (Å²) in [5, 5.41) is 12.9. The van der Waals surface area contributed by atoms with E-state index in [1.807, 2.05) is 0 Å². The van der Waals surface area contributed by atoms with Crippen LogP contribution in [0.5, 0.6) is 5.75 Å². The first kappa shape index (κ1) is 17.5. The monoisotopic (exact) mass is 363 g/mol. The van der Waals surface area contributed by atoms with Crippen LogP contribution in [0.4, 0.5) is 8.78 Å². The van der Waals surface area contributed by atoms with Crippen LogP contribution in [0.15, 0.2) is 28.8 Å². The molecule has 0 aliphatic rings. The van der Waals surface area contributed by atoms with Gasteiger partial charge in [-0.2, -0.15) is 5.10 Å². The summed E-state index contributed by atoms with van der Waals surface area (Å²) in [4.78, 5) is 16.3. The van der Waals surface area contributed by atoms with Crippen LogP contribution in [0.3, 0.4) is 0 Å². The number of carbonyl (C=O) groups excluding carboxylic acids is 1. The van der Waals surface area contributed by atoms with Crippen molar-refractivity contribution in [1.29, 1.82) is 0 Å². The van der Waals surface area contributed by atoms with E-state index in [1.165, 1.54) is 12.1 Å². The highest BCUT2D eigenvalue weighted by molar-refractivity contribution is 5.92. The number of para-hydroxylation sites is 1. The van der Waals surface area contributed by atoms with Gasteiger partial charge in [0.1, 0.15) is 12.4 Å². The van der Waals surface area contributed by atoms with E-state index in [2.05, 4.69) is 25.7 Å². The number of amides is 1. The molecule has 0 saturated heterocycles. The SMILES string of the molecule is Cc1nc(C(C)NC(=O)c2cc(COc3c(F)cccc3F)on2)n[nH]1. The summed E-state index contributed by atoms with van der Waals surface area (Å²) in [5.74, 6) is -1.51. The second kappa shape index (κ2) is 7.30. The van der Waals surface area contributed by atoms with Crippen LogP contribution >= 0.6 is 0 Å². The number of nitrogens with zero attached hydrogens (tertiary/aromatic N) is 3. The zero-order chi connectivity index (χ0) is 18.7. The lowest BCUT2D eigenvalue weighted by molar-refractivity contribution is 0.0929. The number of ether oxygens (including phenoxy) is 1. The van der Waals surface area contributed by atoms with Crippen LogP contribution in [-0.2, 0) is 6.61 Å². The average Bonchev–Trinajstić information content (AvgIpc) is 3.23. The highest BCUT2D eigenvalue weighted by Crippen LogP contribution is 2.22. The first-order valence-corrected chi connectivity index (χ1v) is 7.66. The Labute approximate surface area is 146 Å². The molecule has 3 rings (SSSR count). The number of aryl methyl sites for hydroxylation is 1. The lowest BCUT2D eigenvalue weighted by Gasteiger charge is -2.08. The molecule has 10 heteroatoms. The largest absolute Gasteiger partial charge is 0.479 e. The quantitative estimate of drug-likeness (QED) is 0.697. The Morgan fingerprint density at radius 2 is 2.12 bits per heavy atom. The molecule has 3 aromatic rings. The van der Waals surface area contributed by atoms with Gasteiger partial charge in [-0.05, 0) is 26.0 Å². The van der Waals surface area contributed by atoms with Gasteiger partial charge in [0.2, 0.25) is 0 Å². The number of rotatable bonds is 6. The lowest BCUT2D eigenvalue weighted by Crippen LogP contribution is -2.27. The lowest BCUT2D eigenvalue weighted by atomic mass is 10.3. The summed E-state index contributed by atoms with van der Waals surface area (Å²) in [6.07, 6.45) is 0. The summed E-state index contributed by atoms with van der Waals surface area (Å²) in [7, 11) is 0. The molecule has 2 aromatic heterocycles. The minimum absolute atomic E-state index is 0.00304. The normalized spacial score (nSPS) is 12.0. The number of benzene rings is 1. The van der Waals surface area contributed by atoms with Gasteiger partial charge in [-0.15, -0.1) is 0 Å². The Bertz CT molecular complexity index is 904. The standard InChI is InChI=1S/C16H15F2N5O3/c1-8(15-20-9(2)21-22-15)19-16(24)13-6-10(26-23-13)7-25-14-11(17)4-3-5-12(14)18/h3-6,8H,7H2,1-2H3,(H,19,24)(H,20,21,22). The maximum absolute atomic E-state index is 13.5. The van der Waals surface area contributed by atoms with Gasteiger partial charge >= 0.3 is 0 Å². The average molecular weight is 363 g/mol. The van der Waals surface area contributed by atoms with Crippen LogP contribution in [-0.4, -0.2) is 26.2 Å². The summed E-state index contributed by atoms with van der Waals surface area (Å²) < 4.78 is 37.0. The highest BCUT2D eigenvalue weighted by atomic mass is 19.1. The second-order valence-electron chi connectivity index (χ2n) is 5.49. The van der Waals surface area contributed by atoms with Crippen molar-refractivity contribution in [3.8, 4) is 5.75 Å². The number of H-pyrrole nitrogens is 1. The molecule has 2 heterocycles. The van der Waals surface area contributed by atoms with Gasteiger partial charge in [0.25, 0.3) is 5.91 Å². The number of aromatic amines is 1. The van der Waals surface area contributed by atoms with Crippen LogP contribution in [0.1, 0.15) is 40.9 Å². The molecule has 1 unspecified atom stereocenters. The van der Waals surface area contributed by atoms with E-state index < -0.39 is 29.3 Å². The number of halogens is 2. The zero-order valence-corrected chi connectivity index (χ0v) is 13.9. The summed E-state index contributed by atoms with van der Waals surface area (Å²) in [5.41, 5.74) is -0.00304. The third-order valence-electron chi connectivity index (χ3n) is 3.42. The molecule has 0 spiro atoms. The first-order valence-electron chi connectivity index (χ1n) is 7.66. The molecule has 136 valence electrons. The van der Waals surface area contributed by atoms with Crippen molar-refractivity contribution in [2.75, 3.05) is 0 Å². The van der Waals surface area contributed by atoms with Gasteiger partial charge in [0, 0.05) is 6.07 Å². The molecule has 26 heavy (non-hydrogen) atoms. The molecule has 0 aliphatic heterocycles. The maximum atomic E-state index is 13.5. The van der Waals surface area contributed by atoms with Crippen molar-refractivity contribution in [3.63, 3.8) is 0 Å². The van der Waals surface area contributed by atoms with Crippen LogP contribution in [0.2, 0.25) is 0 Å². The van der Waals surface area contributed by atoms with Crippen molar-refractivity contribution in [1.82, 2.24) is 25.7 Å². The molecule has 1 atom stereocenters. The van der Waals surface area contributed by atoms with Gasteiger partial charge in [0.05, 0.1) is 6.04 Å². The van der Waals surface area contributed by atoms with Gasteiger partial charge in [-0.3, -0.25) is 9.89 Å². The Balaban J connectivity index is 1.61. The van der Waals surface area contributed by atoms with Gasteiger partial charge in [-0.25, -0.2) is 13.8 Å². The maximum Gasteiger partial charge on any atom is 0.274 e. The molecule has 8 nitrogen and oxygen atoms in total. The van der Waals surface area contributed by atoms with E-state index in [4.69, 9.17) is 9.26 Å². The highest BCUT2D eigenvalue weighted by Gasteiger charge is 2.19. The minimum Gasteiger partial charge on any atom is -0.479 e. The van der Waals surface area contributed by atoms with Gasteiger partial charge in [-0.1, -0.05) is 11.2 Å². The number of hydrogen-bond acceptors (Lipinski definition) is 6. The van der Waals surface area contributed by atoms with Crippen LogP contribution < -0.4 is 10.1 Å². The molecule has 1 aromatic carbocycles. The predicted molar refractivity (Wildman–Crippen MR) is 84.2 cm³/mol. The molecule has 1 amide bonds. The van der Waals surface area contributed by atoms with Crippen molar-refractivity contribution < 1.29 is 22.8 Å². The van der Waals surface area contributed by atoms with Gasteiger partial charge in [0.15, 0.2) is 34.7 Å². The molecule has 0 radical (unpaired) electrons. The Morgan fingerprint density at radius 1 is 1.38 bits per heavy atom. The molecule has 0 bridgehead atoms. The smallest absolute Gasteiger partial charge is 0.274 e.